The van der Waals surface area contributed by atoms with Crippen molar-refractivity contribution in [3.63, 3.8) is 0 Å². The van der Waals surface area contributed by atoms with E-state index in [4.69, 9.17) is 0 Å². The Morgan fingerprint density at radius 2 is 1.61 bits per heavy atom. The number of hydrogen-bond acceptors (Lipinski definition) is 4. The van der Waals surface area contributed by atoms with Crippen molar-refractivity contribution >= 4 is 15.7 Å². The molecule has 6 heteroatoms. The quantitative estimate of drug-likeness (QED) is 0.783. The topological polar surface area (TPSA) is 67.3 Å². The molecule has 2 heterocycles. The smallest absolute Gasteiger partial charge is 0.272 e. The van der Waals surface area contributed by atoms with E-state index in [0.29, 0.717) is 28.1 Å². The number of amides is 1. The molecule has 1 aromatic heterocycles. The first kappa shape index (κ1) is 20.5. The van der Waals surface area contributed by atoms with Crippen LogP contribution in [0.4, 0.5) is 0 Å². The molecule has 0 N–H and O–H groups in total. The van der Waals surface area contributed by atoms with Gasteiger partial charge in [0.05, 0.1) is 16.3 Å². The van der Waals surface area contributed by atoms with Gasteiger partial charge in [-0.15, -0.1) is 0 Å². The van der Waals surface area contributed by atoms with Crippen LogP contribution >= 0.6 is 0 Å². The number of likely N-dealkylation sites (tertiary alicyclic amines) is 1. The molecule has 1 fully saturated rings. The molecule has 150 valence electrons. The van der Waals surface area contributed by atoms with Crippen molar-refractivity contribution in [1.82, 2.24) is 9.88 Å². The molecule has 0 radical (unpaired) electrons. The summed E-state index contributed by atoms with van der Waals surface area (Å²) in [5.41, 5.74) is 2.16. The van der Waals surface area contributed by atoms with Gasteiger partial charge in [0.1, 0.15) is 5.69 Å². The van der Waals surface area contributed by atoms with Gasteiger partial charge in [-0.2, -0.15) is 0 Å². The van der Waals surface area contributed by atoms with Crippen LogP contribution in [0.25, 0.3) is 0 Å². The number of aryl methyl sites for hydroxylation is 2. The number of piperidine rings is 1. The van der Waals surface area contributed by atoms with Crippen molar-refractivity contribution in [1.29, 1.82) is 0 Å². The largest absolute Gasteiger partial charge is 0.337 e. The van der Waals surface area contributed by atoms with Gasteiger partial charge in [-0.05, 0) is 55.4 Å². The summed E-state index contributed by atoms with van der Waals surface area (Å²) in [6.45, 7) is 9.33. The number of sulfone groups is 1. The fourth-order valence-electron chi connectivity index (χ4n) is 4.23. The number of rotatable bonds is 4. The minimum atomic E-state index is -3.55. The Labute approximate surface area is 167 Å². The Morgan fingerprint density at radius 1 is 1.04 bits per heavy atom. The maximum absolute atomic E-state index is 13.0. The van der Waals surface area contributed by atoms with Gasteiger partial charge in [-0.3, -0.25) is 4.79 Å². The first-order valence-corrected chi connectivity index (χ1v) is 11.4. The van der Waals surface area contributed by atoms with Crippen LogP contribution < -0.4 is 0 Å². The van der Waals surface area contributed by atoms with Crippen molar-refractivity contribution in [3.8, 4) is 0 Å². The third kappa shape index (κ3) is 4.43. The van der Waals surface area contributed by atoms with E-state index in [0.717, 1.165) is 30.6 Å². The zero-order valence-electron chi connectivity index (χ0n) is 17.0. The predicted molar refractivity (Wildman–Crippen MR) is 110 cm³/mol. The van der Waals surface area contributed by atoms with E-state index >= 15 is 0 Å². The van der Waals surface area contributed by atoms with Crippen LogP contribution in [0.2, 0.25) is 0 Å². The molecule has 28 heavy (non-hydrogen) atoms. The molecule has 1 aliphatic heterocycles. The SMILES string of the molecule is Cc1cccc(C)c1S(=O)(=O)Cc1cccc(C(=O)N2CC(C)CC(C)C2)n1. The molecule has 1 aliphatic rings. The number of carbonyl (C=O) groups is 1. The lowest BCUT2D eigenvalue weighted by Crippen LogP contribution is -2.42. The monoisotopic (exact) mass is 400 g/mol. The van der Waals surface area contributed by atoms with E-state index in [9.17, 15) is 13.2 Å². The van der Waals surface area contributed by atoms with Crippen LogP contribution in [-0.4, -0.2) is 37.3 Å². The zero-order chi connectivity index (χ0) is 20.5. The minimum absolute atomic E-state index is 0.121. The number of benzene rings is 1. The zero-order valence-corrected chi connectivity index (χ0v) is 17.8. The fraction of sp³-hybridized carbons (Fsp3) is 0.455. The summed E-state index contributed by atoms with van der Waals surface area (Å²) in [6.07, 6.45) is 1.12. The van der Waals surface area contributed by atoms with Crippen molar-refractivity contribution in [3.05, 3.63) is 58.9 Å². The molecule has 0 bridgehead atoms. The van der Waals surface area contributed by atoms with Gasteiger partial charge in [-0.25, -0.2) is 13.4 Å². The van der Waals surface area contributed by atoms with E-state index in [1.54, 1.807) is 44.2 Å². The third-order valence-electron chi connectivity index (χ3n) is 5.24. The van der Waals surface area contributed by atoms with Gasteiger partial charge < -0.3 is 4.90 Å². The van der Waals surface area contributed by atoms with E-state index in [-0.39, 0.29) is 11.7 Å². The van der Waals surface area contributed by atoms with Gasteiger partial charge in [0.2, 0.25) is 0 Å². The number of pyridine rings is 1. The van der Waals surface area contributed by atoms with Gasteiger partial charge in [0, 0.05) is 13.1 Å². The first-order chi connectivity index (χ1) is 13.2. The Hall–Kier alpha value is -2.21. The third-order valence-corrected chi connectivity index (χ3v) is 7.18. The average Bonchev–Trinajstić information content (AvgIpc) is 2.59. The number of nitrogens with zero attached hydrogens (tertiary/aromatic N) is 2. The number of hydrogen-bond donors (Lipinski definition) is 0. The number of aromatic nitrogens is 1. The summed E-state index contributed by atoms with van der Waals surface area (Å²) in [7, 11) is -3.55. The van der Waals surface area contributed by atoms with Gasteiger partial charge in [0.15, 0.2) is 9.84 Å². The van der Waals surface area contributed by atoms with Crippen LogP contribution in [-0.2, 0) is 15.6 Å². The van der Waals surface area contributed by atoms with Gasteiger partial charge in [-0.1, -0.05) is 38.1 Å². The fourth-order valence-corrected chi connectivity index (χ4v) is 6.04. The molecule has 3 rings (SSSR count). The second-order valence-corrected chi connectivity index (χ2v) is 10.1. The first-order valence-electron chi connectivity index (χ1n) is 9.71. The van der Waals surface area contributed by atoms with Crippen LogP contribution in [0.3, 0.4) is 0 Å². The van der Waals surface area contributed by atoms with Crippen molar-refractivity contribution < 1.29 is 13.2 Å². The van der Waals surface area contributed by atoms with Crippen molar-refractivity contribution in [2.45, 2.75) is 44.8 Å². The molecule has 0 aliphatic carbocycles. The molecule has 1 amide bonds. The lowest BCUT2D eigenvalue weighted by Gasteiger charge is -2.34. The molecule has 0 saturated carbocycles. The van der Waals surface area contributed by atoms with E-state index in [1.165, 1.54) is 0 Å². The predicted octanol–water partition coefficient (Wildman–Crippen LogP) is 3.79. The normalized spacial score (nSPS) is 20.2. The summed E-state index contributed by atoms with van der Waals surface area (Å²) in [5.74, 6) is 0.581. The van der Waals surface area contributed by atoms with Gasteiger partial charge in [0.25, 0.3) is 5.91 Å². The van der Waals surface area contributed by atoms with E-state index in [1.807, 2.05) is 11.0 Å². The summed E-state index contributed by atoms with van der Waals surface area (Å²) in [4.78, 5) is 19.5. The summed E-state index contributed by atoms with van der Waals surface area (Å²) in [6, 6.07) is 10.5. The highest BCUT2D eigenvalue weighted by atomic mass is 32.2. The summed E-state index contributed by atoms with van der Waals surface area (Å²) < 4.78 is 26.0. The minimum Gasteiger partial charge on any atom is -0.337 e. The van der Waals surface area contributed by atoms with E-state index < -0.39 is 9.84 Å². The molecule has 2 unspecified atom stereocenters. The Bertz CT molecular complexity index is 955. The standard InChI is InChI=1S/C22H28N2O3S/c1-15-11-16(2)13-24(12-15)22(25)20-10-6-9-19(23-20)14-28(26,27)21-17(3)7-5-8-18(21)4/h5-10,15-16H,11-14H2,1-4H3. The maximum Gasteiger partial charge on any atom is 0.272 e. The van der Waals surface area contributed by atoms with Crippen molar-refractivity contribution in [2.24, 2.45) is 11.8 Å². The molecular weight excluding hydrogens is 372 g/mol. The Balaban J connectivity index is 1.85. The molecule has 2 atom stereocenters. The average molecular weight is 401 g/mol. The molecule has 5 nitrogen and oxygen atoms in total. The van der Waals surface area contributed by atoms with Crippen LogP contribution in [0.15, 0.2) is 41.3 Å². The maximum atomic E-state index is 13.0. The Kier molecular flexibility index (Phi) is 5.89. The number of carbonyl (C=O) groups excluding carboxylic acids is 1. The lowest BCUT2D eigenvalue weighted by molar-refractivity contribution is 0.0617. The van der Waals surface area contributed by atoms with Crippen LogP contribution in [0.1, 0.15) is 47.6 Å². The summed E-state index contributed by atoms with van der Waals surface area (Å²) >= 11 is 0. The molecule has 0 spiro atoms. The van der Waals surface area contributed by atoms with Gasteiger partial charge >= 0.3 is 0 Å². The molecular formula is C22H28N2O3S. The van der Waals surface area contributed by atoms with E-state index in [2.05, 4.69) is 18.8 Å². The van der Waals surface area contributed by atoms with Crippen molar-refractivity contribution in [2.75, 3.05) is 13.1 Å². The van der Waals surface area contributed by atoms with Crippen LogP contribution in [0.5, 0.6) is 0 Å². The highest BCUT2D eigenvalue weighted by Gasteiger charge is 2.27. The lowest BCUT2D eigenvalue weighted by atomic mass is 9.92. The molecule has 2 aromatic rings. The van der Waals surface area contributed by atoms with Crippen LogP contribution in [0, 0.1) is 25.7 Å². The second-order valence-electron chi connectivity index (χ2n) is 8.15. The Morgan fingerprint density at radius 3 is 2.21 bits per heavy atom. The molecule has 1 aromatic carbocycles. The second kappa shape index (κ2) is 8.03. The highest BCUT2D eigenvalue weighted by Crippen LogP contribution is 2.24. The highest BCUT2D eigenvalue weighted by molar-refractivity contribution is 7.90. The summed E-state index contributed by atoms with van der Waals surface area (Å²) in [5, 5.41) is 0. The molecule has 1 saturated heterocycles.